The van der Waals surface area contributed by atoms with Crippen molar-refractivity contribution in [3.05, 3.63) is 35.4 Å². The van der Waals surface area contributed by atoms with E-state index in [2.05, 4.69) is 10.6 Å². The van der Waals surface area contributed by atoms with Gasteiger partial charge in [0.2, 0.25) is 5.91 Å². The van der Waals surface area contributed by atoms with E-state index in [1.165, 1.54) is 6.42 Å². The van der Waals surface area contributed by atoms with Gasteiger partial charge in [0, 0.05) is 30.6 Å². The van der Waals surface area contributed by atoms with Gasteiger partial charge >= 0.3 is 0 Å². The van der Waals surface area contributed by atoms with Gasteiger partial charge in [-0.05, 0) is 61.6 Å². The lowest BCUT2D eigenvalue weighted by Gasteiger charge is -2.43. The van der Waals surface area contributed by atoms with E-state index in [4.69, 9.17) is 5.73 Å². The van der Waals surface area contributed by atoms with Crippen LogP contribution in [-0.4, -0.2) is 24.4 Å². The third kappa shape index (κ3) is 5.45. The minimum absolute atomic E-state index is 0. The van der Waals surface area contributed by atoms with E-state index in [0.29, 0.717) is 30.5 Å². The fourth-order valence-electron chi connectivity index (χ4n) is 4.50. The fourth-order valence-corrected chi connectivity index (χ4v) is 4.50. The number of carbonyl (C=O) groups excluding carboxylic acids is 2. The quantitative estimate of drug-likeness (QED) is 0.694. The zero-order valence-corrected chi connectivity index (χ0v) is 16.9. The number of nitrogens with two attached hydrogens (primary N) is 1. The highest BCUT2D eigenvalue weighted by molar-refractivity contribution is 5.94. The first-order valence-electron chi connectivity index (χ1n) is 9.99. The molecule has 0 spiro atoms. The lowest BCUT2D eigenvalue weighted by Crippen LogP contribution is -2.49. The molecule has 2 aliphatic carbocycles. The molecule has 6 heteroatoms. The second-order valence-corrected chi connectivity index (χ2v) is 7.87. The first-order chi connectivity index (χ1) is 12.6. The molecule has 0 heterocycles. The SMILES string of the molecule is CCCNC(=O)c1cccc(CNC(=O)C2CC3CCCC(C2)C3N)c1.Cl. The molecule has 2 bridgehead atoms. The molecular weight excluding hydrogens is 362 g/mol. The number of hydrogen-bond donors (Lipinski definition) is 3. The number of halogens is 1. The van der Waals surface area contributed by atoms with Crippen LogP contribution < -0.4 is 16.4 Å². The summed E-state index contributed by atoms with van der Waals surface area (Å²) in [6.45, 7) is 3.16. The second kappa shape index (κ2) is 10.1. The molecule has 2 unspecified atom stereocenters. The van der Waals surface area contributed by atoms with E-state index < -0.39 is 0 Å². The normalized spacial score (nSPS) is 26.6. The lowest BCUT2D eigenvalue weighted by atomic mass is 9.65. The monoisotopic (exact) mass is 393 g/mol. The molecule has 3 rings (SSSR count). The molecule has 2 saturated carbocycles. The summed E-state index contributed by atoms with van der Waals surface area (Å²) in [5.41, 5.74) is 7.92. The van der Waals surface area contributed by atoms with Crippen LogP contribution in [0.5, 0.6) is 0 Å². The van der Waals surface area contributed by atoms with Gasteiger partial charge in [0.15, 0.2) is 0 Å². The molecule has 4 N–H and O–H groups in total. The van der Waals surface area contributed by atoms with Crippen molar-refractivity contribution in [2.24, 2.45) is 23.5 Å². The van der Waals surface area contributed by atoms with Crippen LogP contribution in [0.25, 0.3) is 0 Å². The predicted molar refractivity (Wildman–Crippen MR) is 110 cm³/mol. The van der Waals surface area contributed by atoms with E-state index >= 15 is 0 Å². The summed E-state index contributed by atoms with van der Waals surface area (Å²) in [5.74, 6) is 1.16. The summed E-state index contributed by atoms with van der Waals surface area (Å²) >= 11 is 0. The average molecular weight is 394 g/mol. The standard InChI is InChI=1S/C21H31N3O2.ClH/c1-2-9-23-20(25)17-8-3-5-14(10-17)13-24-21(26)18-11-15-6-4-7-16(12-18)19(15)22;/h3,5,8,10,15-16,18-19H,2,4,6-7,9,11-13,22H2,1H3,(H,23,25)(H,24,26);1H. The highest BCUT2D eigenvalue weighted by atomic mass is 35.5. The molecule has 2 fully saturated rings. The first-order valence-corrected chi connectivity index (χ1v) is 9.99. The molecule has 1 aromatic rings. The summed E-state index contributed by atoms with van der Waals surface area (Å²) < 4.78 is 0. The lowest BCUT2D eigenvalue weighted by molar-refractivity contribution is -0.128. The van der Waals surface area contributed by atoms with Gasteiger partial charge in [-0.2, -0.15) is 0 Å². The predicted octanol–water partition coefficient (Wildman–Crippen LogP) is 3.02. The maximum Gasteiger partial charge on any atom is 0.251 e. The van der Waals surface area contributed by atoms with Crippen LogP contribution in [0.2, 0.25) is 0 Å². The Hall–Kier alpha value is -1.59. The van der Waals surface area contributed by atoms with Crippen LogP contribution in [0.15, 0.2) is 24.3 Å². The summed E-state index contributed by atoms with van der Waals surface area (Å²) in [7, 11) is 0. The van der Waals surface area contributed by atoms with E-state index in [0.717, 1.165) is 37.7 Å². The van der Waals surface area contributed by atoms with Crippen molar-refractivity contribution in [2.75, 3.05) is 6.54 Å². The van der Waals surface area contributed by atoms with Crippen molar-refractivity contribution in [1.29, 1.82) is 0 Å². The number of amides is 2. The Morgan fingerprint density at radius 2 is 1.85 bits per heavy atom. The molecule has 2 atom stereocenters. The van der Waals surface area contributed by atoms with Gasteiger partial charge in [0.1, 0.15) is 0 Å². The van der Waals surface area contributed by atoms with Crippen LogP contribution in [0, 0.1) is 17.8 Å². The van der Waals surface area contributed by atoms with Crippen molar-refractivity contribution < 1.29 is 9.59 Å². The minimum Gasteiger partial charge on any atom is -0.352 e. The zero-order valence-electron chi connectivity index (χ0n) is 16.1. The Morgan fingerprint density at radius 1 is 1.15 bits per heavy atom. The second-order valence-electron chi connectivity index (χ2n) is 7.87. The highest BCUT2D eigenvalue weighted by Crippen LogP contribution is 2.41. The minimum atomic E-state index is -0.0610. The number of nitrogens with one attached hydrogen (secondary N) is 2. The number of fused-ring (bicyclic) bond motifs is 2. The largest absolute Gasteiger partial charge is 0.352 e. The van der Waals surface area contributed by atoms with Crippen molar-refractivity contribution in [1.82, 2.24) is 10.6 Å². The molecule has 0 radical (unpaired) electrons. The number of rotatable bonds is 6. The third-order valence-electron chi connectivity index (χ3n) is 5.98. The van der Waals surface area contributed by atoms with Crippen molar-refractivity contribution in [3.8, 4) is 0 Å². The molecular formula is C21H32ClN3O2. The van der Waals surface area contributed by atoms with E-state index in [-0.39, 0.29) is 36.2 Å². The van der Waals surface area contributed by atoms with E-state index in [1.807, 2.05) is 25.1 Å². The number of carbonyl (C=O) groups is 2. The molecule has 1 aromatic carbocycles. The van der Waals surface area contributed by atoms with Crippen molar-refractivity contribution in [2.45, 2.75) is 58.0 Å². The molecule has 0 aromatic heterocycles. The smallest absolute Gasteiger partial charge is 0.251 e. The zero-order chi connectivity index (χ0) is 18.5. The van der Waals surface area contributed by atoms with Gasteiger partial charge in [-0.15, -0.1) is 12.4 Å². The highest BCUT2D eigenvalue weighted by Gasteiger charge is 2.40. The Balaban J connectivity index is 0.00000261. The molecule has 2 amide bonds. The molecule has 0 aliphatic heterocycles. The van der Waals surface area contributed by atoms with Gasteiger partial charge in [-0.3, -0.25) is 9.59 Å². The average Bonchev–Trinajstić information content (AvgIpc) is 2.64. The first kappa shape index (κ1) is 21.7. The Morgan fingerprint density at radius 3 is 2.52 bits per heavy atom. The third-order valence-corrected chi connectivity index (χ3v) is 5.98. The van der Waals surface area contributed by atoms with Crippen LogP contribution in [0.1, 0.15) is 61.4 Å². The molecule has 27 heavy (non-hydrogen) atoms. The van der Waals surface area contributed by atoms with E-state index in [9.17, 15) is 9.59 Å². The van der Waals surface area contributed by atoms with Gasteiger partial charge in [0.05, 0.1) is 0 Å². The van der Waals surface area contributed by atoms with Crippen molar-refractivity contribution >= 4 is 24.2 Å². The molecule has 150 valence electrons. The van der Waals surface area contributed by atoms with Crippen LogP contribution in [0.3, 0.4) is 0 Å². The maximum atomic E-state index is 12.6. The van der Waals surface area contributed by atoms with Gasteiger partial charge in [0.25, 0.3) is 5.91 Å². The number of hydrogen-bond acceptors (Lipinski definition) is 3. The van der Waals surface area contributed by atoms with E-state index in [1.54, 1.807) is 6.07 Å². The number of benzene rings is 1. The fraction of sp³-hybridized carbons (Fsp3) is 0.619. The van der Waals surface area contributed by atoms with Crippen LogP contribution in [-0.2, 0) is 11.3 Å². The Bertz CT molecular complexity index is 638. The van der Waals surface area contributed by atoms with Gasteiger partial charge in [-0.25, -0.2) is 0 Å². The van der Waals surface area contributed by atoms with Crippen LogP contribution in [0.4, 0.5) is 0 Å². The molecule has 2 aliphatic rings. The summed E-state index contributed by atoms with van der Waals surface area (Å²) in [4.78, 5) is 24.7. The molecule has 5 nitrogen and oxygen atoms in total. The van der Waals surface area contributed by atoms with Crippen LogP contribution >= 0.6 is 12.4 Å². The summed E-state index contributed by atoms with van der Waals surface area (Å²) in [6, 6.07) is 7.76. The van der Waals surface area contributed by atoms with Gasteiger partial charge in [-0.1, -0.05) is 25.5 Å². The van der Waals surface area contributed by atoms with Crippen molar-refractivity contribution in [3.63, 3.8) is 0 Å². The Kier molecular flexibility index (Phi) is 8.11. The topological polar surface area (TPSA) is 84.2 Å². The Labute approximate surface area is 168 Å². The molecule has 0 saturated heterocycles. The maximum absolute atomic E-state index is 12.6. The van der Waals surface area contributed by atoms with Gasteiger partial charge < -0.3 is 16.4 Å². The summed E-state index contributed by atoms with van der Waals surface area (Å²) in [5, 5.41) is 5.95. The summed E-state index contributed by atoms with van der Waals surface area (Å²) in [6.07, 6.45) is 6.33.